The first-order valence-electron chi connectivity index (χ1n) is 14.5. The van der Waals surface area contributed by atoms with Crippen molar-refractivity contribution in [3.8, 4) is 11.5 Å². The van der Waals surface area contributed by atoms with Gasteiger partial charge < -0.3 is 19.1 Å². The molecule has 1 aliphatic rings. The molecule has 0 saturated carbocycles. The number of likely N-dealkylation sites (N-methyl/N-ethyl adjacent to an activating group) is 1. The Morgan fingerprint density at radius 1 is 0.955 bits per heavy atom. The number of anilines is 1. The molecule has 0 aliphatic carbocycles. The number of hydrogen-bond acceptors (Lipinski definition) is 6. The van der Waals surface area contributed by atoms with E-state index in [1.54, 1.807) is 28.8 Å². The highest BCUT2D eigenvalue weighted by Crippen LogP contribution is 2.33. The van der Waals surface area contributed by atoms with Gasteiger partial charge in [0.2, 0.25) is 0 Å². The Hall–Kier alpha value is -4.75. The second kappa shape index (κ2) is 12.5. The van der Waals surface area contributed by atoms with E-state index in [0.717, 1.165) is 28.0 Å². The first-order chi connectivity index (χ1) is 21.3. The minimum atomic E-state index is -0.377. The summed E-state index contributed by atoms with van der Waals surface area (Å²) in [6, 6.07) is 28.3. The third-order valence-corrected chi connectivity index (χ3v) is 8.21. The number of nitrogens with zero attached hydrogens (tertiary/aromatic N) is 2. The molecule has 0 fully saturated rings. The molecule has 0 unspecified atom stereocenters. The lowest BCUT2D eigenvalue weighted by Crippen LogP contribution is -2.41. The lowest BCUT2D eigenvalue weighted by Gasteiger charge is -2.33. The molecule has 0 N–H and O–H groups in total. The van der Waals surface area contributed by atoms with Crippen LogP contribution in [0.1, 0.15) is 32.7 Å². The summed E-state index contributed by atoms with van der Waals surface area (Å²) in [6.07, 6.45) is -0.111. The summed E-state index contributed by atoms with van der Waals surface area (Å²) in [6.45, 7) is 5.00. The highest BCUT2D eigenvalue weighted by atomic mass is 35.5. The number of esters is 1. The fourth-order valence-electron chi connectivity index (χ4n) is 5.73. The van der Waals surface area contributed by atoms with Crippen LogP contribution in [0.5, 0.6) is 11.5 Å². The van der Waals surface area contributed by atoms with Gasteiger partial charge in [0, 0.05) is 28.7 Å². The van der Waals surface area contributed by atoms with Gasteiger partial charge in [-0.05, 0) is 79.1 Å². The number of halogens is 1. The van der Waals surface area contributed by atoms with Crippen molar-refractivity contribution in [3.05, 3.63) is 124 Å². The SMILES string of the molecule is Cc1cc(OC[C@@H]2CN(C)c3ccccc3O2)ccc1C(=O)n1c(C)c(CC(=O)OCc2ccccc2)c2cc(Cl)ccc21. The van der Waals surface area contributed by atoms with Gasteiger partial charge in [-0.15, -0.1) is 0 Å². The van der Waals surface area contributed by atoms with Gasteiger partial charge in [-0.2, -0.15) is 0 Å². The predicted octanol–water partition coefficient (Wildman–Crippen LogP) is 7.16. The smallest absolute Gasteiger partial charge is 0.310 e. The van der Waals surface area contributed by atoms with E-state index in [4.69, 9.17) is 25.8 Å². The van der Waals surface area contributed by atoms with Crippen molar-refractivity contribution in [1.29, 1.82) is 0 Å². The Kier molecular flexibility index (Phi) is 8.31. The third-order valence-electron chi connectivity index (χ3n) is 7.98. The molecule has 44 heavy (non-hydrogen) atoms. The topological polar surface area (TPSA) is 70.0 Å². The molecular formula is C36H33ClN2O5. The zero-order valence-electron chi connectivity index (χ0n) is 24.9. The monoisotopic (exact) mass is 608 g/mol. The third kappa shape index (κ3) is 6.01. The molecule has 0 amide bonds. The summed E-state index contributed by atoms with van der Waals surface area (Å²) >= 11 is 6.35. The van der Waals surface area contributed by atoms with Crippen molar-refractivity contribution in [3.63, 3.8) is 0 Å². The van der Waals surface area contributed by atoms with Gasteiger partial charge in [0.15, 0.2) is 0 Å². The molecule has 5 aromatic rings. The highest BCUT2D eigenvalue weighted by Gasteiger charge is 2.25. The highest BCUT2D eigenvalue weighted by molar-refractivity contribution is 6.31. The predicted molar refractivity (Wildman–Crippen MR) is 172 cm³/mol. The minimum absolute atomic E-state index is 0.0183. The van der Waals surface area contributed by atoms with Gasteiger partial charge in [0.05, 0.1) is 24.2 Å². The summed E-state index contributed by atoms with van der Waals surface area (Å²) in [7, 11) is 2.04. The van der Waals surface area contributed by atoms with E-state index in [9.17, 15) is 9.59 Å². The Morgan fingerprint density at radius 3 is 2.52 bits per heavy atom. The van der Waals surface area contributed by atoms with Gasteiger partial charge >= 0.3 is 5.97 Å². The van der Waals surface area contributed by atoms with Crippen LogP contribution in [0.4, 0.5) is 5.69 Å². The first-order valence-corrected chi connectivity index (χ1v) is 14.9. The van der Waals surface area contributed by atoms with Gasteiger partial charge in [-0.3, -0.25) is 14.2 Å². The van der Waals surface area contributed by atoms with E-state index >= 15 is 0 Å². The minimum Gasteiger partial charge on any atom is -0.490 e. The molecule has 224 valence electrons. The number of aryl methyl sites for hydroxylation is 1. The molecule has 0 saturated heterocycles. The van der Waals surface area contributed by atoms with Crippen LogP contribution in [0.25, 0.3) is 10.9 Å². The van der Waals surface area contributed by atoms with Crippen LogP contribution in [-0.4, -0.2) is 42.7 Å². The quantitative estimate of drug-likeness (QED) is 0.174. The van der Waals surface area contributed by atoms with E-state index in [0.29, 0.717) is 46.3 Å². The van der Waals surface area contributed by atoms with Crippen LogP contribution >= 0.6 is 11.6 Å². The first kappa shape index (κ1) is 29.3. The fraction of sp³-hybridized carbons (Fsp3) is 0.222. The molecule has 2 heterocycles. The fourth-order valence-corrected chi connectivity index (χ4v) is 5.90. The zero-order valence-corrected chi connectivity index (χ0v) is 25.6. The Morgan fingerprint density at radius 2 is 1.73 bits per heavy atom. The summed E-state index contributed by atoms with van der Waals surface area (Å²) in [5, 5.41) is 1.27. The molecular weight excluding hydrogens is 576 g/mol. The molecule has 1 aliphatic heterocycles. The maximum atomic E-state index is 14.0. The molecule has 1 atom stereocenters. The molecule has 0 radical (unpaired) electrons. The van der Waals surface area contributed by atoms with Crippen LogP contribution in [0.2, 0.25) is 5.02 Å². The summed E-state index contributed by atoms with van der Waals surface area (Å²) in [4.78, 5) is 29.1. The van der Waals surface area contributed by atoms with Crippen LogP contribution in [-0.2, 0) is 22.6 Å². The van der Waals surface area contributed by atoms with Gasteiger partial charge in [0.25, 0.3) is 5.91 Å². The van der Waals surface area contributed by atoms with E-state index in [1.807, 2.05) is 87.6 Å². The summed E-state index contributed by atoms with van der Waals surface area (Å²) in [5.74, 6) is 0.924. The number of fused-ring (bicyclic) bond motifs is 2. The van der Waals surface area contributed by atoms with Gasteiger partial charge in [-0.25, -0.2) is 0 Å². The molecule has 8 heteroatoms. The second-order valence-corrected chi connectivity index (χ2v) is 11.5. The summed E-state index contributed by atoms with van der Waals surface area (Å²) in [5.41, 5.74) is 5.34. The Balaban J connectivity index is 1.20. The average molecular weight is 609 g/mol. The van der Waals surface area contributed by atoms with Crippen LogP contribution < -0.4 is 14.4 Å². The van der Waals surface area contributed by atoms with Crippen molar-refractivity contribution in [1.82, 2.24) is 4.57 Å². The lowest BCUT2D eigenvalue weighted by molar-refractivity contribution is -0.144. The zero-order chi connectivity index (χ0) is 30.8. The summed E-state index contributed by atoms with van der Waals surface area (Å²) < 4.78 is 19.4. The van der Waals surface area contributed by atoms with Gasteiger partial charge in [-0.1, -0.05) is 54.1 Å². The van der Waals surface area contributed by atoms with Gasteiger partial charge in [0.1, 0.15) is 30.8 Å². The largest absolute Gasteiger partial charge is 0.490 e. The number of ether oxygens (including phenoxy) is 3. The standard InChI is InChI=1S/C36H33ClN2O5/c1-23-17-27(42-22-28-20-38(3)33-11-7-8-12-34(33)44-28)14-15-29(23)36(41)39-24(2)30(31-18-26(37)13-16-32(31)39)19-35(40)43-21-25-9-5-4-6-10-25/h4-18,28H,19-22H2,1-3H3/t28-/m0/s1. The molecule has 0 bridgehead atoms. The van der Waals surface area contributed by atoms with Crippen molar-refractivity contribution in [2.45, 2.75) is 33.0 Å². The Labute approximate surface area is 261 Å². The van der Waals surface area contributed by atoms with E-state index in [-0.39, 0.29) is 31.0 Å². The molecule has 0 spiro atoms. The van der Waals surface area contributed by atoms with Crippen molar-refractivity contribution in [2.24, 2.45) is 0 Å². The van der Waals surface area contributed by atoms with Crippen LogP contribution in [0.15, 0.2) is 91.0 Å². The normalized spacial score (nSPS) is 14.2. The number of hydrogen-bond donors (Lipinski definition) is 0. The van der Waals surface area contributed by atoms with E-state index < -0.39 is 0 Å². The average Bonchev–Trinajstić information content (AvgIpc) is 3.29. The molecule has 1 aromatic heterocycles. The van der Waals surface area contributed by atoms with Crippen molar-refractivity contribution >= 4 is 40.1 Å². The van der Waals surface area contributed by atoms with Crippen LogP contribution in [0.3, 0.4) is 0 Å². The number of aromatic nitrogens is 1. The number of rotatable bonds is 8. The van der Waals surface area contributed by atoms with Crippen molar-refractivity contribution in [2.75, 3.05) is 25.1 Å². The number of benzene rings is 4. The Bertz CT molecular complexity index is 1850. The van der Waals surface area contributed by atoms with E-state index in [1.165, 1.54) is 0 Å². The van der Waals surface area contributed by atoms with Crippen LogP contribution in [0, 0.1) is 13.8 Å². The lowest BCUT2D eigenvalue weighted by atomic mass is 10.1. The maximum absolute atomic E-state index is 14.0. The number of para-hydroxylation sites is 2. The number of carbonyl (C=O) groups excluding carboxylic acids is 2. The number of carbonyl (C=O) groups is 2. The van der Waals surface area contributed by atoms with E-state index in [2.05, 4.69) is 4.90 Å². The molecule has 7 nitrogen and oxygen atoms in total. The second-order valence-electron chi connectivity index (χ2n) is 11.1. The van der Waals surface area contributed by atoms with Crippen molar-refractivity contribution < 1.29 is 23.8 Å². The molecule has 6 rings (SSSR count). The molecule has 4 aromatic carbocycles. The maximum Gasteiger partial charge on any atom is 0.310 e.